The van der Waals surface area contributed by atoms with Crippen molar-refractivity contribution in [1.82, 2.24) is 9.80 Å². The Labute approximate surface area is 128 Å². The van der Waals surface area contributed by atoms with E-state index in [1.165, 1.54) is 9.80 Å². The van der Waals surface area contributed by atoms with Crippen molar-refractivity contribution in [1.29, 1.82) is 0 Å². The van der Waals surface area contributed by atoms with E-state index in [4.69, 9.17) is 14.2 Å². The minimum absolute atomic E-state index is 0.131. The van der Waals surface area contributed by atoms with Gasteiger partial charge in [-0.05, 0) is 0 Å². The summed E-state index contributed by atoms with van der Waals surface area (Å²) in [6.45, 7) is -0.455. The second-order valence-electron chi connectivity index (χ2n) is 4.43. The van der Waals surface area contributed by atoms with Crippen LogP contribution < -0.4 is 0 Å². The molecule has 11 heteroatoms. The molecule has 3 aliphatic heterocycles. The Morgan fingerprint density at radius 2 is 1.52 bits per heavy atom. The molecule has 10 nitrogen and oxygen atoms in total. The molecule has 2 bridgehead atoms. The summed E-state index contributed by atoms with van der Waals surface area (Å²) in [7, 11) is 0. The average Bonchev–Trinajstić information content (AvgIpc) is 2.35. The molecule has 0 aromatic carbocycles. The Kier molecular flexibility index (Phi) is 5.38. The first kappa shape index (κ1) is 16.0. The van der Waals surface area contributed by atoms with Gasteiger partial charge in [-0.25, -0.2) is 0 Å². The van der Waals surface area contributed by atoms with Gasteiger partial charge in [-0.2, -0.15) is 0 Å². The van der Waals surface area contributed by atoms with E-state index in [-0.39, 0.29) is 39.3 Å². The fourth-order valence-electron chi connectivity index (χ4n) is 1.84. The van der Waals surface area contributed by atoms with E-state index in [9.17, 15) is 19.2 Å². The molecular formula is C10H13N2O8Sb. The Bertz CT molecular complexity index is 450. The minimum atomic E-state index is -3.69. The quantitative estimate of drug-likeness (QED) is 0.481. The van der Waals surface area contributed by atoms with Crippen molar-refractivity contribution in [3.05, 3.63) is 0 Å². The van der Waals surface area contributed by atoms with Crippen LogP contribution >= 0.6 is 0 Å². The molecule has 1 N–H and O–H groups in total. The molecule has 0 aromatic rings. The predicted octanol–water partition coefficient (Wildman–Crippen LogP) is -2.68. The summed E-state index contributed by atoms with van der Waals surface area (Å²) in [6.07, 6.45) is 0. The molecule has 0 saturated carbocycles. The molecule has 3 heterocycles. The molecule has 3 rings (SSSR count). The van der Waals surface area contributed by atoms with Crippen molar-refractivity contribution < 1.29 is 33.3 Å². The van der Waals surface area contributed by atoms with E-state index >= 15 is 0 Å². The summed E-state index contributed by atoms with van der Waals surface area (Å²) in [5.74, 6) is -3.10. The second-order valence-corrected chi connectivity index (χ2v) is 7.27. The first-order valence-corrected chi connectivity index (χ1v) is 9.14. The summed E-state index contributed by atoms with van der Waals surface area (Å²) in [5.41, 5.74) is 0. The van der Waals surface area contributed by atoms with Crippen LogP contribution in [0, 0.1) is 0 Å². The van der Waals surface area contributed by atoms with Gasteiger partial charge in [0.2, 0.25) is 0 Å². The van der Waals surface area contributed by atoms with Crippen LogP contribution in [0.25, 0.3) is 0 Å². The number of hydrogen-bond acceptors (Lipinski definition) is 9. The van der Waals surface area contributed by atoms with Crippen molar-refractivity contribution in [2.45, 2.75) is 0 Å². The van der Waals surface area contributed by atoms with E-state index in [1.807, 2.05) is 0 Å². The Morgan fingerprint density at radius 3 is 2.05 bits per heavy atom. The fraction of sp³-hybridized carbons (Fsp3) is 0.600. The van der Waals surface area contributed by atoms with Crippen molar-refractivity contribution >= 4 is 45.3 Å². The van der Waals surface area contributed by atoms with Crippen LogP contribution in [0.2, 0.25) is 0 Å². The molecule has 3 saturated heterocycles. The topological polar surface area (TPSA) is 123 Å². The second kappa shape index (κ2) is 7.06. The number of fused-ring (bicyclic) bond motifs is 9. The number of nitrogens with zero attached hydrogens (tertiary/aromatic N) is 2. The summed E-state index contributed by atoms with van der Waals surface area (Å²) >= 11 is -3.69. The molecule has 21 heavy (non-hydrogen) atoms. The molecule has 0 spiro atoms. The molecule has 3 fully saturated rings. The van der Waals surface area contributed by atoms with E-state index < -0.39 is 45.3 Å². The molecule has 0 atom stereocenters. The zero-order valence-corrected chi connectivity index (χ0v) is 13.4. The van der Waals surface area contributed by atoms with Crippen LogP contribution in [0.5, 0.6) is 0 Å². The van der Waals surface area contributed by atoms with E-state index in [1.54, 1.807) is 0 Å². The maximum absolute atomic E-state index is 11.7. The number of carbonyl (C=O) groups excluding carboxylic acids is 3. The zero-order valence-electron chi connectivity index (χ0n) is 10.9. The maximum atomic E-state index is 11.7. The van der Waals surface area contributed by atoms with Crippen LogP contribution in [0.1, 0.15) is 0 Å². The summed E-state index contributed by atoms with van der Waals surface area (Å²) in [5, 5.41) is 8.81. The van der Waals surface area contributed by atoms with Crippen LogP contribution in [0.3, 0.4) is 0 Å². The Morgan fingerprint density at radius 1 is 1.00 bits per heavy atom. The van der Waals surface area contributed by atoms with Gasteiger partial charge in [0.1, 0.15) is 0 Å². The van der Waals surface area contributed by atoms with Crippen LogP contribution in [-0.2, 0) is 28.2 Å². The third kappa shape index (κ3) is 5.14. The van der Waals surface area contributed by atoms with Gasteiger partial charge in [0, 0.05) is 0 Å². The van der Waals surface area contributed by atoms with Crippen molar-refractivity contribution in [2.75, 3.05) is 39.3 Å². The van der Waals surface area contributed by atoms with Gasteiger partial charge in [-0.1, -0.05) is 0 Å². The fourth-order valence-corrected chi connectivity index (χ4v) is 4.08. The predicted molar refractivity (Wildman–Crippen MR) is 64.5 cm³/mol. The number of rotatable bonds is 2. The summed E-state index contributed by atoms with van der Waals surface area (Å²) in [6, 6.07) is 0. The van der Waals surface area contributed by atoms with Crippen LogP contribution in [0.15, 0.2) is 0 Å². The van der Waals surface area contributed by atoms with Crippen molar-refractivity contribution in [3.63, 3.8) is 0 Å². The van der Waals surface area contributed by atoms with Crippen LogP contribution in [-0.4, -0.2) is 99.5 Å². The average molecular weight is 411 g/mol. The molecule has 0 amide bonds. The molecule has 0 radical (unpaired) electrons. The SMILES string of the molecule is O=C(O)CN1CCN2CC(=O)[O][Sb]([O]C(=O)C1)[O]C(=O)C2. The van der Waals surface area contributed by atoms with Crippen molar-refractivity contribution in [2.24, 2.45) is 0 Å². The number of carboxylic acid groups (broad SMARTS) is 1. The molecule has 0 aromatic heterocycles. The molecule has 0 aliphatic carbocycles. The Hall–Kier alpha value is -1.38. The number of aliphatic carboxylic acids is 1. The first-order chi connectivity index (χ1) is 9.92. The van der Waals surface area contributed by atoms with Gasteiger partial charge < -0.3 is 0 Å². The van der Waals surface area contributed by atoms with Crippen LogP contribution in [0.4, 0.5) is 0 Å². The van der Waals surface area contributed by atoms with Gasteiger partial charge >= 0.3 is 128 Å². The monoisotopic (exact) mass is 410 g/mol. The summed E-state index contributed by atoms with van der Waals surface area (Å²) in [4.78, 5) is 48.5. The summed E-state index contributed by atoms with van der Waals surface area (Å²) < 4.78 is 14.7. The van der Waals surface area contributed by atoms with Gasteiger partial charge in [-0.15, -0.1) is 0 Å². The molecule has 3 aliphatic rings. The molecule has 0 unspecified atom stereocenters. The standard InChI is InChI=1S/C10H16N2O8.Sb/c13-7(14)3-11(4-8(15)16)1-2-12(5-9(17)18)6-10(19)20;/h1-6H2,(H,13,14)(H,15,16)(H,17,18)(H,19,20);/q;+3/p-3. The first-order valence-electron chi connectivity index (χ1n) is 6.01. The van der Waals surface area contributed by atoms with E-state index in [0.29, 0.717) is 0 Å². The third-order valence-corrected chi connectivity index (χ3v) is 5.70. The normalized spacial score (nSPS) is 22.8. The molecule has 116 valence electrons. The zero-order chi connectivity index (χ0) is 15.4. The van der Waals surface area contributed by atoms with Gasteiger partial charge in [0.15, 0.2) is 0 Å². The Balaban J connectivity index is 2.17. The van der Waals surface area contributed by atoms with Gasteiger partial charge in [0.05, 0.1) is 0 Å². The third-order valence-electron chi connectivity index (χ3n) is 2.68. The van der Waals surface area contributed by atoms with E-state index in [2.05, 4.69) is 0 Å². The van der Waals surface area contributed by atoms with E-state index in [0.717, 1.165) is 0 Å². The number of hydrogen-bond donors (Lipinski definition) is 1. The van der Waals surface area contributed by atoms with Crippen molar-refractivity contribution in [3.8, 4) is 0 Å². The number of carbonyl (C=O) groups is 4. The molecular weight excluding hydrogens is 398 g/mol. The van der Waals surface area contributed by atoms with Gasteiger partial charge in [-0.3, -0.25) is 0 Å². The number of carboxylic acids is 1. The van der Waals surface area contributed by atoms with Gasteiger partial charge in [0.25, 0.3) is 0 Å².